The molecule has 1 aromatic heterocycles. The molecule has 0 aliphatic carbocycles. The van der Waals surface area contributed by atoms with Crippen LogP contribution in [0.3, 0.4) is 0 Å². The molecule has 0 unspecified atom stereocenters. The zero-order valence-electron chi connectivity index (χ0n) is 15.3. The Morgan fingerprint density at radius 1 is 0.429 bits per heavy atom. The van der Waals surface area contributed by atoms with Gasteiger partial charge in [-0.1, -0.05) is 91.0 Å². The smallest absolute Gasteiger partial charge is 0.0794 e. The molecule has 130 valence electrons. The number of hydrogen-bond acceptors (Lipinski definition) is 1. The molecule has 0 aliphatic rings. The molecule has 0 saturated carbocycles. The molecule has 0 radical (unpaired) electrons. The maximum atomic E-state index is 5.23. The summed E-state index contributed by atoms with van der Waals surface area (Å²) in [5.74, 6) is 0. The van der Waals surface area contributed by atoms with Crippen LogP contribution >= 0.6 is 0 Å². The van der Waals surface area contributed by atoms with Crippen LogP contribution in [-0.2, 0) is 0 Å². The van der Waals surface area contributed by atoms with E-state index in [2.05, 4.69) is 103 Å². The van der Waals surface area contributed by atoms with Crippen LogP contribution in [0.4, 0.5) is 0 Å². The minimum Gasteiger partial charge on any atom is -0.246 e. The first-order chi connectivity index (χ1) is 13.9. The predicted molar refractivity (Wildman–Crippen MR) is 120 cm³/mol. The van der Waals surface area contributed by atoms with Crippen LogP contribution in [0.25, 0.3) is 54.5 Å². The lowest BCUT2D eigenvalue weighted by Crippen LogP contribution is -1.90. The van der Waals surface area contributed by atoms with E-state index in [4.69, 9.17) is 4.98 Å². The van der Waals surface area contributed by atoms with Crippen LogP contribution in [-0.4, -0.2) is 4.98 Å². The van der Waals surface area contributed by atoms with E-state index in [-0.39, 0.29) is 0 Å². The third-order valence-corrected chi connectivity index (χ3v) is 5.58. The Bertz CT molecular complexity index is 1500. The first-order valence-electron chi connectivity index (χ1n) is 9.58. The van der Waals surface area contributed by atoms with Gasteiger partial charge < -0.3 is 0 Å². The van der Waals surface area contributed by atoms with Gasteiger partial charge in [-0.15, -0.1) is 0 Å². The molecule has 0 atom stereocenters. The first kappa shape index (κ1) is 15.4. The minimum absolute atomic E-state index is 1.06. The summed E-state index contributed by atoms with van der Waals surface area (Å²) >= 11 is 0. The van der Waals surface area contributed by atoms with Crippen LogP contribution in [0.5, 0.6) is 0 Å². The molecule has 5 aromatic carbocycles. The molecular weight excluding hydrogens is 338 g/mol. The molecule has 0 spiro atoms. The fourth-order valence-electron chi connectivity index (χ4n) is 4.28. The lowest BCUT2D eigenvalue weighted by molar-refractivity contribution is 1.52. The molecule has 28 heavy (non-hydrogen) atoms. The number of nitrogens with zero attached hydrogens (tertiary/aromatic N) is 1. The second-order valence-electron chi connectivity index (χ2n) is 7.26. The van der Waals surface area contributed by atoms with Gasteiger partial charge in [0.05, 0.1) is 11.0 Å². The molecule has 0 amide bonds. The van der Waals surface area contributed by atoms with Crippen molar-refractivity contribution in [2.75, 3.05) is 0 Å². The summed E-state index contributed by atoms with van der Waals surface area (Å²) in [4.78, 5) is 5.23. The number of hydrogen-bond donors (Lipinski definition) is 0. The fraction of sp³-hybridized carbons (Fsp3) is 0. The normalized spacial score (nSPS) is 11.6. The van der Waals surface area contributed by atoms with E-state index < -0.39 is 0 Å². The SMILES string of the molecule is c1ccc(-c2c3ccccc3cc3cc4ccc5ccccc5c4nc23)cc1. The van der Waals surface area contributed by atoms with Crippen LogP contribution in [0, 0.1) is 0 Å². The van der Waals surface area contributed by atoms with Gasteiger partial charge in [-0.05, 0) is 33.9 Å². The van der Waals surface area contributed by atoms with Crippen molar-refractivity contribution >= 4 is 43.4 Å². The summed E-state index contributed by atoms with van der Waals surface area (Å²) in [7, 11) is 0. The van der Waals surface area contributed by atoms with Gasteiger partial charge in [-0.25, -0.2) is 4.98 Å². The van der Waals surface area contributed by atoms with Crippen molar-refractivity contribution < 1.29 is 0 Å². The van der Waals surface area contributed by atoms with E-state index >= 15 is 0 Å². The minimum atomic E-state index is 1.06. The largest absolute Gasteiger partial charge is 0.246 e. The zero-order chi connectivity index (χ0) is 18.5. The number of aromatic nitrogens is 1. The zero-order valence-corrected chi connectivity index (χ0v) is 15.3. The van der Waals surface area contributed by atoms with Gasteiger partial charge >= 0.3 is 0 Å². The average Bonchev–Trinajstić information content (AvgIpc) is 2.76. The summed E-state index contributed by atoms with van der Waals surface area (Å²) in [5, 5.41) is 7.28. The Kier molecular flexibility index (Phi) is 3.24. The maximum absolute atomic E-state index is 5.23. The van der Waals surface area contributed by atoms with Gasteiger partial charge in [0.1, 0.15) is 0 Å². The van der Waals surface area contributed by atoms with E-state index in [9.17, 15) is 0 Å². The molecule has 6 rings (SSSR count). The first-order valence-corrected chi connectivity index (χ1v) is 9.58. The van der Waals surface area contributed by atoms with Crippen molar-refractivity contribution in [1.82, 2.24) is 4.98 Å². The number of benzene rings is 5. The molecule has 0 aliphatic heterocycles. The van der Waals surface area contributed by atoms with Crippen molar-refractivity contribution in [1.29, 1.82) is 0 Å². The van der Waals surface area contributed by atoms with Crippen LogP contribution in [0.2, 0.25) is 0 Å². The predicted octanol–water partition coefficient (Wildman–Crippen LogP) is 7.36. The Balaban J connectivity index is 1.85. The topological polar surface area (TPSA) is 12.9 Å². The Labute approximate surface area is 162 Å². The third-order valence-electron chi connectivity index (χ3n) is 5.58. The molecule has 0 saturated heterocycles. The molecule has 0 fully saturated rings. The monoisotopic (exact) mass is 355 g/mol. The maximum Gasteiger partial charge on any atom is 0.0794 e. The molecule has 6 aromatic rings. The van der Waals surface area contributed by atoms with Crippen molar-refractivity contribution in [2.45, 2.75) is 0 Å². The quantitative estimate of drug-likeness (QED) is 0.222. The standard InChI is InChI=1S/C27H17N/c1-2-9-19(10-3-1)25-23-12-6-5-11-20(23)16-22-17-21-15-14-18-8-4-7-13-24(18)26(21)28-27(22)25/h1-17H. The second-order valence-corrected chi connectivity index (χ2v) is 7.26. The summed E-state index contributed by atoms with van der Waals surface area (Å²) in [5.41, 5.74) is 4.55. The second kappa shape index (κ2) is 5.90. The highest BCUT2D eigenvalue weighted by Crippen LogP contribution is 2.37. The van der Waals surface area contributed by atoms with Crippen LogP contribution in [0.15, 0.2) is 103 Å². The van der Waals surface area contributed by atoms with Gasteiger partial charge in [0.25, 0.3) is 0 Å². The Morgan fingerprint density at radius 2 is 1.07 bits per heavy atom. The lowest BCUT2D eigenvalue weighted by atomic mass is 9.94. The van der Waals surface area contributed by atoms with E-state index in [1.807, 2.05) is 0 Å². The van der Waals surface area contributed by atoms with E-state index in [0.29, 0.717) is 0 Å². The highest BCUT2D eigenvalue weighted by Gasteiger charge is 2.13. The molecule has 1 nitrogen and oxygen atoms in total. The van der Waals surface area contributed by atoms with E-state index in [1.165, 1.54) is 43.4 Å². The average molecular weight is 355 g/mol. The summed E-state index contributed by atoms with van der Waals surface area (Å²) in [6.45, 7) is 0. The summed E-state index contributed by atoms with van der Waals surface area (Å²) in [6.07, 6.45) is 0. The van der Waals surface area contributed by atoms with Gasteiger partial charge in [0.2, 0.25) is 0 Å². The molecule has 1 heteroatoms. The number of fused-ring (bicyclic) bond motifs is 5. The van der Waals surface area contributed by atoms with Gasteiger partial charge in [0, 0.05) is 21.7 Å². The molecule has 1 heterocycles. The molecule has 0 bridgehead atoms. The fourth-order valence-corrected chi connectivity index (χ4v) is 4.28. The third kappa shape index (κ3) is 2.23. The number of rotatable bonds is 1. The van der Waals surface area contributed by atoms with Gasteiger partial charge in [-0.2, -0.15) is 0 Å². The number of pyridine rings is 1. The highest BCUT2D eigenvalue weighted by atomic mass is 14.7. The Morgan fingerprint density at radius 3 is 1.93 bits per heavy atom. The highest BCUT2D eigenvalue weighted by molar-refractivity contribution is 6.15. The lowest BCUT2D eigenvalue weighted by Gasteiger charge is -2.13. The van der Waals surface area contributed by atoms with Crippen molar-refractivity contribution in [2.24, 2.45) is 0 Å². The van der Waals surface area contributed by atoms with Gasteiger partial charge in [-0.3, -0.25) is 0 Å². The van der Waals surface area contributed by atoms with E-state index in [0.717, 1.165) is 11.0 Å². The van der Waals surface area contributed by atoms with Crippen molar-refractivity contribution in [3.05, 3.63) is 103 Å². The molecule has 0 N–H and O–H groups in total. The molecular formula is C27H17N. The van der Waals surface area contributed by atoms with Crippen LogP contribution < -0.4 is 0 Å². The summed E-state index contributed by atoms with van der Waals surface area (Å²) < 4.78 is 0. The summed E-state index contributed by atoms with van der Waals surface area (Å²) in [6, 6.07) is 36.6. The van der Waals surface area contributed by atoms with Gasteiger partial charge in [0.15, 0.2) is 0 Å². The van der Waals surface area contributed by atoms with Crippen molar-refractivity contribution in [3.8, 4) is 11.1 Å². The van der Waals surface area contributed by atoms with E-state index in [1.54, 1.807) is 0 Å². The van der Waals surface area contributed by atoms with Crippen molar-refractivity contribution in [3.63, 3.8) is 0 Å². The Hall–Kier alpha value is -3.71. The van der Waals surface area contributed by atoms with Crippen LogP contribution in [0.1, 0.15) is 0 Å².